The van der Waals surface area contributed by atoms with Gasteiger partial charge in [0.15, 0.2) is 0 Å². The highest BCUT2D eigenvalue weighted by atomic mass is 16.3. The predicted octanol–water partition coefficient (Wildman–Crippen LogP) is 2.31. The Hall–Kier alpha value is -1.19. The molecule has 1 aromatic heterocycles. The number of aliphatic hydroxyl groups excluding tert-OH is 1. The van der Waals surface area contributed by atoms with E-state index >= 15 is 0 Å². The molecule has 0 amide bonds. The molecule has 0 aromatic carbocycles. The number of rotatable bonds is 7. The summed E-state index contributed by atoms with van der Waals surface area (Å²) in [6.45, 7) is 8.12. The molecule has 17 heavy (non-hydrogen) atoms. The third-order valence-corrected chi connectivity index (χ3v) is 2.91. The molecule has 0 saturated carbocycles. The van der Waals surface area contributed by atoms with Crippen LogP contribution in [0.15, 0.2) is 37.2 Å². The molecule has 0 unspecified atom stereocenters. The number of aliphatic hydroxyl groups is 1. The molecule has 0 aliphatic heterocycles. The fourth-order valence-corrected chi connectivity index (χ4v) is 1.76. The Morgan fingerprint density at radius 2 is 2.29 bits per heavy atom. The maximum Gasteiger partial charge on any atom is 0.0587 e. The van der Waals surface area contributed by atoms with Crippen LogP contribution in [0, 0.1) is 5.92 Å². The van der Waals surface area contributed by atoms with Crippen molar-refractivity contribution in [3.63, 3.8) is 0 Å². The number of hydrogen-bond acceptors (Lipinski definition) is 3. The monoisotopic (exact) mass is 234 g/mol. The molecule has 3 nitrogen and oxygen atoms in total. The van der Waals surface area contributed by atoms with E-state index in [1.165, 1.54) is 0 Å². The molecule has 0 aliphatic carbocycles. The van der Waals surface area contributed by atoms with Gasteiger partial charge < -0.3 is 10.4 Å². The first-order chi connectivity index (χ1) is 8.19. The molecule has 2 N–H and O–H groups in total. The van der Waals surface area contributed by atoms with Gasteiger partial charge in [0.1, 0.15) is 0 Å². The van der Waals surface area contributed by atoms with E-state index < -0.39 is 0 Å². The van der Waals surface area contributed by atoms with Crippen molar-refractivity contribution < 1.29 is 5.11 Å². The van der Waals surface area contributed by atoms with Gasteiger partial charge in [0.25, 0.3) is 0 Å². The lowest BCUT2D eigenvalue weighted by Crippen LogP contribution is -2.39. The second kappa shape index (κ2) is 7.20. The van der Waals surface area contributed by atoms with Gasteiger partial charge in [-0.1, -0.05) is 26.0 Å². The van der Waals surface area contributed by atoms with Crippen LogP contribution in [0.25, 0.3) is 0 Å². The Kier molecular flexibility index (Phi) is 5.87. The Labute approximate surface area is 104 Å². The van der Waals surface area contributed by atoms with Crippen LogP contribution in [0.1, 0.15) is 31.9 Å². The van der Waals surface area contributed by atoms with Crippen molar-refractivity contribution in [3.8, 4) is 0 Å². The topological polar surface area (TPSA) is 45.1 Å². The third-order valence-electron chi connectivity index (χ3n) is 2.91. The van der Waals surface area contributed by atoms with Crippen LogP contribution in [0.5, 0.6) is 0 Å². The fraction of sp³-hybridized carbons (Fsp3) is 0.500. The quantitative estimate of drug-likeness (QED) is 0.712. The minimum Gasteiger partial charge on any atom is -0.395 e. The van der Waals surface area contributed by atoms with Crippen LogP contribution in [0.3, 0.4) is 0 Å². The van der Waals surface area contributed by atoms with Crippen molar-refractivity contribution in [1.29, 1.82) is 0 Å². The molecule has 0 radical (unpaired) electrons. The highest BCUT2D eigenvalue weighted by molar-refractivity contribution is 5.15. The van der Waals surface area contributed by atoms with Crippen LogP contribution < -0.4 is 5.32 Å². The zero-order chi connectivity index (χ0) is 12.7. The van der Waals surface area contributed by atoms with Crippen molar-refractivity contribution in [1.82, 2.24) is 10.3 Å². The van der Waals surface area contributed by atoms with E-state index in [2.05, 4.69) is 30.7 Å². The zero-order valence-corrected chi connectivity index (χ0v) is 10.6. The summed E-state index contributed by atoms with van der Waals surface area (Å²) < 4.78 is 0. The molecule has 2 atom stereocenters. The molecular weight excluding hydrogens is 212 g/mol. The van der Waals surface area contributed by atoms with E-state index in [0.717, 1.165) is 12.0 Å². The average Bonchev–Trinajstić information content (AvgIpc) is 2.35. The second-order valence-corrected chi connectivity index (χ2v) is 4.56. The summed E-state index contributed by atoms with van der Waals surface area (Å²) in [6.07, 6.45) is 6.34. The Bertz CT molecular complexity index is 324. The second-order valence-electron chi connectivity index (χ2n) is 4.56. The van der Waals surface area contributed by atoms with Gasteiger partial charge in [-0.05, 0) is 24.0 Å². The Balaban J connectivity index is 2.76. The van der Waals surface area contributed by atoms with Gasteiger partial charge in [0, 0.05) is 24.5 Å². The molecule has 0 bridgehead atoms. The standard InChI is InChI=1S/C14H22N2O/c1-4-6-13(12-7-5-8-15-9-12)16-14(10-17)11(2)3/h4-5,7-9,11,13-14,16-17H,1,6,10H2,2-3H3/t13-,14+/m0/s1. The first kappa shape index (κ1) is 13.9. The molecule has 0 spiro atoms. The lowest BCUT2D eigenvalue weighted by Gasteiger charge is -2.26. The summed E-state index contributed by atoms with van der Waals surface area (Å²) in [4.78, 5) is 4.13. The van der Waals surface area contributed by atoms with Crippen LogP contribution in [0.4, 0.5) is 0 Å². The molecule has 94 valence electrons. The minimum absolute atomic E-state index is 0.0974. The van der Waals surface area contributed by atoms with Crippen molar-refractivity contribution in [2.45, 2.75) is 32.4 Å². The number of pyridine rings is 1. The number of nitrogens with one attached hydrogen (secondary N) is 1. The predicted molar refractivity (Wildman–Crippen MR) is 70.6 cm³/mol. The van der Waals surface area contributed by atoms with Gasteiger partial charge in [0.05, 0.1) is 6.61 Å². The summed E-state index contributed by atoms with van der Waals surface area (Å²) in [5.41, 5.74) is 1.13. The summed E-state index contributed by atoms with van der Waals surface area (Å²) in [6, 6.07) is 4.24. The van der Waals surface area contributed by atoms with E-state index in [0.29, 0.717) is 5.92 Å². The van der Waals surface area contributed by atoms with Gasteiger partial charge >= 0.3 is 0 Å². The van der Waals surface area contributed by atoms with Gasteiger partial charge in [-0.15, -0.1) is 6.58 Å². The van der Waals surface area contributed by atoms with E-state index in [4.69, 9.17) is 0 Å². The van der Waals surface area contributed by atoms with Gasteiger partial charge in [-0.25, -0.2) is 0 Å². The fourth-order valence-electron chi connectivity index (χ4n) is 1.76. The minimum atomic E-state index is 0.0974. The largest absolute Gasteiger partial charge is 0.395 e. The van der Waals surface area contributed by atoms with E-state index in [9.17, 15) is 5.11 Å². The maximum absolute atomic E-state index is 9.36. The average molecular weight is 234 g/mol. The Morgan fingerprint density at radius 3 is 2.76 bits per heavy atom. The lowest BCUT2D eigenvalue weighted by molar-refractivity contribution is 0.199. The van der Waals surface area contributed by atoms with E-state index in [1.807, 2.05) is 24.4 Å². The third kappa shape index (κ3) is 4.29. The van der Waals surface area contributed by atoms with Gasteiger partial charge in [0.2, 0.25) is 0 Å². The molecular formula is C14H22N2O. The zero-order valence-electron chi connectivity index (χ0n) is 10.6. The molecule has 1 heterocycles. The molecule has 1 rings (SSSR count). The highest BCUT2D eigenvalue weighted by Gasteiger charge is 2.18. The van der Waals surface area contributed by atoms with Gasteiger partial charge in [-0.2, -0.15) is 0 Å². The van der Waals surface area contributed by atoms with Gasteiger partial charge in [-0.3, -0.25) is 4.98 Å². The summed E-state index contributed by atoms with van der Waals surface area (Å²) in [7, 11) is 0. The SMILES string of the molecule is C=CC[C@H](N[C@H](CO)C(C)C)c1cccnc1. The first-order valence-corrected chi connectivity index (χ1v) is 6.06. The van der Waals surface area contributed by atoms with Crippen molar-refractivity contribution in [3.05, 3.63) is 42.7 Å². The first-order valence-electron chi connectivity index (χ1n) is 6.06. The van der Waals surface area contributed by atoms with E-state index in [1.54, 1.807) is 6.20 Å². The lowest BCUT2D eigenvalue weighted by atomic mass is 10.00. The molecule has 0 aliphatic rings. The van der Waals surface area contributed by atoms with Crippen molar-refractivity contribution >= 4 is 0 Å². The van der Waals surface area contributed by atoms with Crippen molar-refractivity contribution in [2.75, 3.05) is 6.61 Å². The molecule has 0 saturated heterocycles. The van der Waals surface area contributed by atoms with Crippen LogP contribution in [-0.4, -0.2) is 22.7 Å². The maximum atomic E-state index is 9.36. The molecule has 1 aromatic rings. The Morgan fingerprint density at radius 1 is 1.53 bits per heavy atom. The summed E-state index contributed by atoms with van der Waals surface area (Å²) >= 11 is 0. The van der Waals surface area contributed by atoms with E-state index in [-0.39, 0.29) is 18.7 Å². The number of hydrogen-bond donors (Lipinski definition) is 2. The summed E-state index contributed by atoms with van der Waals surface area (Å²) in [5, 5.41) is 12.8. The van der Waals surface area contributed by atoms with Crippen molar-refractivity contribution in [2.24, 2.45) is 5.92 Å². The van der Waals surface area contributed by atoms with Crippen LogP contribution in [0.2, 0.25) is 0 Å². The smallest absolute Gasteiger partial charge is 0.0587 e. The normalized spacial score (nSPS) is 14.6. The molecule has 3 heteroatoms. The van der Waals surface area contributed by atoms with Crippen LogP contribution >= 0.6 is 0 Å². The molecule has 0 fully saturated rings. The highest BCUT2D eigenvalue weighted by Crippen LogP contribution is 2.18. The van der Waals surface area contributed by atoms with Crippen LogP contribution in [-0.2, 0) is 0 Å². The number of aromatic nitrogens is 1. The number of nitrogens with zero attached hydrogens (tertiary/aromatic N) is 1. The summed E-state index contributed by atoms with van der Waals surface area (Å²) in [5.74, 6) is 0.393.